The Labute approximate surface area is 125 Å². The number of hydrogen-bond acceptors (Lipinski definition) is 3. The highest BCUT2D eigenvalue weighted by molar-refractivity contribution is 6.30. The van der Waals surface area contributed by atoms with Gasteiger partial charge in [-0.1, -0.05) is 52.3 Å². The van der Waals surface area contributed by atoms with Crippen LogP contribution in [0.3, 0.4) is 0 Å². The molecule has 6 nitrogen and oxygen atoms in total. The van der Waals surface area contributed by atoms with Crippen LogP contribution in [-0.4, -0.2) is 15.0 Å². The van der Waals surface area contributed by atoms with Gasteiger partial charge in [0.05, 0.1) is 23.3 Å². The van der Waals surface area contributed by atoms with E-state index in [1.54, 1.807) is 29.1 Å². The van der Waals surface area contributed by atoms with Crippen molar-refractivity contribution in [2.45, 2.75) is 0 Å². The molecule has 0 saturated carbocycles. The van der Waals surface area contributed by atoms with Gasteiger partial charge in [-0.15, -0.1) is 5.10 Å². The zero-order valence-electron chi connectivity index (χ0n) is 10.8. The molecule has 0 unspecified atom stereocenters. The van der Waals surface area contributed by atoms with Crippen molar-refractivity contribution in [3.8, 4) is 16.9 Å². The van der Waals surface area contributed by atoms with Gasteiger partial charge in [0.2, 0.25) is 0 Å². The molecule has 0 N–H and O–H groups in total. The Morgan fingerprint density at radius 3 is 2.71 bits per heavy atom. The van der Waals surface area contributed by atoms with Gasteiger partial charge in [-0.3, -0.25) is 0 Å². The minimum Gasteiger partial charge on any atom is -0.212 e. The van der Waals surface area contributed by atoms with Crippen molar-refractivity contribution in [3.05, 3.63) is 70.2 Å². The molecule has 0 amide bonds. The van der Waals surface area contributed by atoms with Crippen molar-refractivity contribution in [1.29, 1.82) is 0 Å². The van der Waals surface area contributed by atoms with Gasteiger partial charge in [0.25, 0.3) is 0 Å². The third kappa shape index (κ3) is 2.58. The normalized spacial score (nSPS) is 10.1. The molecule has 0 atom stereocenters. The molecule has 2 aromatic carbocycles. The van der Waals surface area contributed by atoms with Gasteiger partial charge in [-0.2, -0.15) is 0 Å². The van der Waals surface area contributed by atoms with Crippen LogP contribution in [0.1, 0.15) is 0 Å². The molecule has 0 aliphatic carbocycles. The topological polar surface area (TPSA) is 79.5 Å². The van der Waals surface area contributed by atoms with Crippen LogP contribution in [-0.2, 0) is 0 Å². The molecule has 21 heavy (non-hydrogen) atoms. The SMILES string of the molecule is [N-]=[N+]=Nc1cc(Cl)ccc1-n1nncc1-c1ccccc1. The number of aromatic nitrogens is 3. The van der Waals surface area contributed by atoms with Crippen LogP contribution in [0.15, 0.2) is 59.8 Å². The molecule has 1 heterocycles. The Kier molecular flexibility index (Phi) is 3.55. The number of azide groups is 1. The Morgan fingerprint density at radius 1 is 1.14 bits per heavy atom. The van der Waals surface area contributed by atoms with Crippen LogP contribution in [0.5, 0.6) is 0 Å². The highest BCUT2D eigenvalue weighted by Gasteiger charge is 2.11. The molecule has 0 spiro atoms. The van der Waals surface area contributed by atoms with Gasteiger partial charge in [0.1, 0.15) is 0 Å². The molecule has 102 valence electrons. The summed E-state index contributed by atoms with van der Waals surface area (Å²) in [6.07, 6.45) is 1.66. The summed E-state index contributed by atoms with van der Waals surface area (Å²) in [5.74, 6) is 0. The average molecular weight is 297 g/mol. The lowest BCUT2D eigenvalue weighted by atomic mass is 10.1. The van der Waals surface area contributed by atoms with Gasteiger partial charge in [0, 0.05) is 15.5 Å². The van der Waals surface area contributed by atoms with E-state index >= 15 is 0 Å². The fourth-order valence-corrected chi connectivity index (χ4v) is 2.19. The van der Waals surface area contributed by atoms with Crippen LogP contribution in [0, 0.1) is 0 Å². The van der Waals surface area contributed by atoms with Crippen LogP contribution < -0.4 is 0 Å². The summed E-state index contributed by atoms with van der Waals surface area (Å²) in [4.78, 5) is 2.82. The van der Waals surface area contributed by atoms with Crippen molar-refractivity contribution >= 4 is 17.3 Å². The fraction of sp³-hybridized carbons (Fsp3) is 0. The highest BCUT2D eigenvalue weighted by atomic mass is 35.5. The predicted molar refractivity (Wildman–Crippen MR) is 80.6 cm³/mol. The molecule has 3 rings (SSSR count). The van der Waals surface area contributed by atoms with E-state index in [0.717, 1.165) is 11.3 Å². The Bertz CT molecular complexity index is 820. The lowest BCUT2D eigenvalue weighted by molar-refractivity contribution is 0.808. The molecule has 0 saturated heterocycles. The second-order valence-corrected chi connectivity index (χ2v) is 4.66. The quantitative estimate of drug-likeness (QED) is 0.404. The third-order valence-electron chi connectivity index (χ3n) is 2.94. The summed E-state index contributed by atoms with van der Waals surface area (Å²) < 4.78 is 1.62. The van der Waals surface area contributed by atoms with Gasteiger partial charge >= 0.3 is 0 Å². The number of nitrogens with zero attached hydrogens (tertiary/aromatic N) is 6. The Hall–Kier alpha value is -2.82. The first-order valence-corrected chi connectivity index (χ1v) is 6.48. The van der Waals surface area contributed by atoms with E-state index in [-0.39, 0.29) is 0 Å². The maximum atomic E-state index is 8.69. The van der Waals surface area contributed by atoms with Crippen LogP contribution in [0.25, 0.3) is 27.4 Å². The van der Waals surface area contributed by atoms with Crippen molar-refractivity contribution < 1.29 is 0 Å². The monoisotopic (exact) mass is 296 g/mol. The van der Waals surface area contributed by atoms with E-state index < -0.39 is 0 Å². The summed E-state index contributed by atoms with van der Waals surface area (Å²) >= 11 is 5.94. The molecule has 0 aliphatic rings. The molecular formula is C14H9ClN6. The van der Waals surface area contributed by atoms with Gasteiger partial charge < -0.3 is 0 Å². The van der Waals surface area contributed by atoms with Crippen LogP contribution in [0.2, 0.25) is 5.02 Å². The Balaban J connectivity index is 2.19. The fourth-order valence-electron chi connectivity index (χ4n) is 2.02. The molecule has 0 aliphatic heterocycles. The maximum absolute atomic E-state index is 8.69. The molecule has 0 bridgehead atoms. The molecular weight excluding hydrogens is 288 g/mol. The zero-order chi connectivity index (χ0) is 14.7. The van der Waals surface area contributed by atoms with Crippen molar-refractivity contribution in [2.24, 2.45) is 5.11 Å². The van der Waals surface area contributed by atoms with E-state index in [4.69, 9.17) is 17.1 Å². The third-order valence-corrected chi connectivity index (χ3v) is 3.17. The molecule has 0 fully saturated rings. The highest BCUT2D eigenvalue weighted by Crippen LogP contribution is 2.30. The summed E-state index contributed by atoms with van der Waals surface area (Å²) in [5, 5.41) is 12.2. The van der Waals surface area contributed by atoms with Crippen molar-refractivity contribution in [3.63, 3.8) is 0 Å². The first-order chi connectivity index (χ1) is 10.3. The molecule has 1 aromatic heterocycles. The standard InChI is InChI=1S/C14H9ClN6/c15-11-6-7-13(12(8-11)18-19-16)21-14(9-17-20-21)10-4-2-1-3-5-10/h1-9H. The van der Waals surface area contributed by atoms with E-state index in [1.807, 2.05) is 30.3 Å². The van der Waals surface area contributed by atoms with Crippen molar-refractivity contribution in [2.75, 3.05) is 0 Å². The van der Waals surface area contributed by atoms with Crippen LogP contribution >= 0.6 is 11.6 Å². The minimum atomic E-state index is 0.396. The maximum Gasteiger partial charge on any atom is 0.0944 e. The van der Waals surface area contributed by atoms with Gasteiger partial charge in [0.15, 0.2) is 0 Å². The number of benzene rings is 2. The molecule has 3 aromatic rings. The lowest BCUT2D eigenvalue weighted by Crippen LogP contribution is -1.99. The average Bonchev–Trinajstić information content (AvgIpc) is 2.98. The number of halogens is 1. The minimum absolute atomic E-state index is 0.396. The van der Waals surface area contributed by atoms with Crippen LogP contribution in [0.4, 0.5) is 5.69 Å². The number of hydrogen-bond donors (Lipinski definition) is 0. The Morgan fingerprint density at radius 2 is 1.95 bits per heavy atom. The van der Waals surface area contributed by atoms with Crippen molar-refractivity contribution in [1.82, 2.24) is 15.0 Å². The van der Waals surface area contributed by atoms with E-state index in [9.17, 15) is 0 Å². The van der Waals surface area contributed by atoms with E-state index in [2.05, 4.69) is 20.3 Å². The van der Waals surface area contributed by atoms with E-state index in [1.165, 1.54) is 0 Å². The molecule has 0 radical (unpaired) electrons. The van der Waals surface area contributed by atoms with Gasteiger partial charge in [-0.25, -0.2) is 4.68 Å². The second-order valence-electron chi connectivity index (χ2n) is 4.22. The van der Waals surface area contributed by atoms with Gasteiger partial charge in [-0.05, 0) is 23.7 Å². The summed E-state index contributed by atoms with van der Waals surface area (Å²) in [6.45, 7) is 0. The first-order valence-electron chi connectivity index (χ1n) is 6.11. The second kappa shape index (κ2) is 5.66. The summed E-state index contributed by atoms with van der Waals surface area (Å²) in [7, 11) is 0. The largest absolute Gasteiger partial charge is 0.212 e. The summed E-state index contributed by atoms with van der Waals surface area (Å²) in [5.41, 5.74) is 11.5. The lowest BCUT2D eigenvalue weighted by Gasteiger charge is -2.09. The smallest absolute Gasteiger partial charge is 0.0944 e. The number of rotatable bonds is 3. The summed E-state index contributed by atoms with van der Waals surface area (Å²) in [6, 6.07) is 14.8. The zero-order valence-corrected chi connectivity index (χ0v) is 11.5. The molecule has 7 heteroatoms. The van der Waals surface area contributed by atoms with E-state index in [0.29, 0.717) is 16.4 Å². The predicted octanol–water partition coefficient (Wildman–Crippen LogP) is 4.53. The first kappa shape index (κ1) is 13.2.